The number of methoxy groups -OCH3 is 1. The summed E-state index contributed by atoms with van der Waals surface area (Å²) in [4.78, 5) is 16.6. The number of carbonyl (C=O) groups is 1. The van der Waals surface area contributed by atoms with Gasteiger partial charge in [0.15, 0.2) is 5.58 Å². The summed E-state index contributed by atoms with van der Waals surface area (Å²) >= 11 is 19.7. The minimum Gasteiger partial charge on any atom is -0.465 e. The Labute approximate surface area is 196 Å². The highest BCUT2D eigenvalue weighted by Crippen LogP contribution is 2.30. The molecule has 0 atom stereocenters. The van der Waals surface area contributed by atoms with Gasteiger partial charge in [0.05, 0.1) is 23.2 Å². The van der Waals surface area contributed by atoms with Crippen molar-refractivity contribution in [3.8, 4) is 11.3 Å². The topological polar surface area (TPSA) is 76.7 Å². The Morgan fingerprint density at radius 3 is 2.58 bits per heavy atom. The number of ether oxygens (including phenoxy) is 1. The molecule has 0 unspecified atom stereocenters. The SMILES string of the molecule is COC(=O)c1sc(NN=c2cc(-c3ccc(Cl)cc3)oc3c(Cl)cc(Cl)cc23)nc1C. The maximum Gasteiger partial charge on any atom is 0.350 e. The number of aromatic nitrogens is 1. The van der Waals surface area contributed by atoms with Gasteiger partial charge in [-0.25, -0.2) is 9.78 Å². The zero-order valence-corrected chi connectivity index (χ0v) is 19.3. The van der Waals surface area contributed by atoms with E-state index < -0.39 is 5.97 Å². The molecule has 0 saturated heterocycles. The number of hydrogen-bond acceptors (Lipinski definition) is 7. The van der Waals surface area contributed by atoms with E-state index in [1.54, 1.807) is 37.3 Å². The smallest absolute Gasteiger partial charge is 0.350 e. The number of nitrogens with one attached hydrogen (secondary N) is 1. The maximum absolute atomic E-state index is 11.8. The number of carbonyl (C=O) groups excluding carboxylic acids is 1. The maximum atomic E-state index is 11.8. The van der Waals surface area contributed by atoms with E-state index in [9.17, 15) is 4.79 Å². The van der Waals surface area contributed by atoms with Crippen molar-refractivity contribution in [2.75, 3.05) is 12.5 Å². The van der Waals surface area contributed by atoms with Crippen molar-refractivity contribution in [2.45, 2.75) is 6.92 Å². The molecule has 2 aromatic heterocycles. The second kappa shape index (κ2) is 8.88. The second-order valence-electron chi connectivity index (χ2n) is 6.42. The molecule has 0 saturated carbocycles. The van der Waals surface area contributed by atoms with E-state index in [1.807, 2.05) is 12.1 Å². The normalized spacial score (nSPS) is 11.7. The monoisotopic (exact) mass is 493 g/mol. The molecular weight excluding hydrogens is 481 g/mol. The first-order valence-corrected chi connectivity index (χ1v) is 10.8. The van der Waals surface area contributed by atoms with E-state index in [0.717, 1.165) is 16.9 Å². The van der Waals surface area contributed by atoms with Gasteiger partial charge >= 0.3 is 5.97 Å². The number of hydrogen-bond donors (Lipinski definition) is 1. The largest absolute Gasteiger partial charge is 0.465 e. The molecular formula is C21H14Cl3N3O3S. The summed E-state index contributed by atoms with van der Waals surface area (Å²) < 4.78 is 10.8. The Bertz CT molecular complexity index is 1360. The van der Waals surface area contributed by atoms with Gasteiger partial charge in [-0.3, -0.25) is 5.43 Å². The van der Waals surface area contributed by atoms with E-state index >= 15 is 0 Å². The summed E-state index contributed by atoms with van der Waals surface area (Å²) in [6.45, 7) is 1.73. The van der Waals surface area contributed by atoms with E-state index in [2.05, 4.69) is 15.5 Å². The van der Waals surface area contributed by atoms with Crippen molar-refractivity contribution in [1.82, 2.24) is 4.98 Å². The van der Waals surface area contributed by atoms with Crippen LogP contribution in [0.3, 0.4) is 0 Å². The third kappa shape index (κ3) is 4.55. The molecule has 0 aliphatic carbocycles. The molecule has 31 heavy (non-hydrogen) atoms. The molecule has 6 nitrogen and oxygen atoms in total. The number of fused-ring (bicyclic) bond motifs is 1. The number of benzene rings is 2. The summed E-state index contributed by atoms with van der Waals surface area (Å²) in [6.07, 6.45) is 0. The predicted octanol–water partition coefficient (Wildman–Crippen LogP) is 6.54. The number of nitrogens with zero attached hydrogens (tertiary/aromatic N) is 2. The van der Waals surface area contributed by atoms with Gasteiger partial charge in [-0.1, -0.05) is 46.1 Å². The molecule has 4 aromatic rings. The quantitative estimate of drug-likeness (QED) is 0.257. The standard InChI is InChI=1S/C21H14Cl3N3O3S/c1-10-19(20(28)29-2)31-21(25-10)27-26-16-9-17(11-3-5-12(22)6-4-11)30-18-14(16)7-13(23)8-15(18)24/h3-9H,1-2H3,(H,25,27). The minimum atomic E-state index is -0.449. The van der Waals surface area contributed by atoms with Gasteiger partial charge < -0.3 is 9.15 Å². The van der Waals surface area contributed by atoms with Gasteiger partial charge in [-0.2, -0.15) is 5.10 Å². The summed E-state index contributed by atoms with van der Waals surface area (Å²) in [5, 5.41) is 7.47. The lowest BCUT2D eigenvalue weighted by Crippen LogP contribution is -2.07. The van der Waals surface area contributed by atoms with Crippen LogP contribution in [0.2, 0.25) is 15.1 Å². The van der Waals surface area contributed by atoms with Crippen molar-refractivity contribution in [3.05, 3.63) is 73.5 Å². The molecule has 0 amide bonds. The van der Waals surface area contributed by atoms with Crippen LogP contribution in [0.25, 0.3) is 22.3 Å². The lowest BCUT2D eigenvalue weighted by molar-refractivity contribution is 0.0605. The Morgan fingerprint density at radius 2 is 1.87 bits per heavy atom. The van der Waals surface area contributed by atoms with Crippen molar-refractivity contribution >= 4 is 68.2 Å². The highest BCUT2D eigenvalue weighted by atomic mass is 35.5. The Morgan fingerprint density at radius 1 is 1.13 bits per heavy atom. The number of anilines is 1. The van der Waals surface area contributed by atoms with Crippen LogP contribution in [0.5, 0.6) is 0 Å². The van der Waals surface area contributed by atoms with Gasteiger partial charge in [-0.15, -0.1) is 0 Å². The lowest BCUT2D eigenvalue weighted by Gasteiger charge is -2.07. The summed E-state index contributed by atoms with van der Waals surface area (Å²) in [5.74, 6) is 0.0927. The van der Waals surface area contributed by atoms with Crippen molar-refractivity contribution in [3.63, 3.8) is 0 Å². The van der Waals surface area contributed by atoms with E-state index in [1.165, 1.54) is 7.11 Å². The van der Waals surface area contributed by atoms with Gasteiger partial charge in [0, 0.05) is 27.1 Å². The minimum absolute atomic E-state index is 0.354. The molecule has 10 heteroatoms. The fraction of sp³-hybridized carbons (Fsp3) is 0.0952. The van der Waals surface area contributed by atoms with Crippen LogP contribution in [0.4, 0.5) is 5.13 Å². The summed E-state index contributed by atoms with van der Waals surface area (Å²) in [5.41, 5.74) is 4.68. The molecule has 0 bridgehead atoms. The Balaban J connectivity index is 1.85. The highest BCUT2D eigenvalue weighted by molar-refractivity contribution is 7.17. The Kier molecular flexibility index (Phi) is 6.20. The van der Waals surface area contributed by atoms with Crippen LogP contribution >= 0.6 is 46.1 Å². The number of rotatable bonds is 4. The van der Waals surface area contributed by atoms with Gasteiger partial charge in [-0.05, 0) is 43.3 Å². The molecule has 0 fully saturated rings. The third-order valence-electron chi connectivity index (χ3n) is 4.33. The van der Waals surface area contributed by atoms with E-state index in [4.69, 9.17) is 44.0 Å². The molecule has 2 heterocycles. The van der Waals surface area contributed by atoms with Crippen LogP contribution in [-0.4, -0.2) is 18.1 Å². The second-order valence-corrected chi connectivity index (χ2v) is 8.69. The van der Waals surface area contributed by atoms with Crippen LogP contribution < -0.4 is 10.8 Å². The molecule has 158 valence electrons. The first-order valence-electron chi connectivity index (χ1n) is 8.90. The van der Waals surface area contributed by atoms with Gasteiger partial charge in [0.1, 0.15) is 10.6 Å². The third-order valence-corrected chi connectivity index (χ3v) is 6.13. The zero-order valence-electron chi connectivity index (χ0n) is 16.2. The first-order chi connectivity index (χ1) is 14.9. The van der Waals surface area contributed by atoms with Crippen LogP contribution in [-0.2, 0) is 4.74 Å². The first kappa shape index (κ1) is 21.6. The van der Waals surface area contributed by atoms with Crippen molar-refractivity contribution in [1.29, 1.82) is 0 Å². The van der Waals surface area contributed by atoms with Crippen molar-refractivity contribution < 1.29 is 13.9 Å². The average Bonchev–Trinajstić information content (AvgIpc) is 3.12. The van der Waals surface area contributed by atoms with Gasteiger partial charge in [0.2, 0.25) is 5.13 Å². The molecule has 0 spiro atoms. The molecule has 4 rings (SSSR count). The summed E-state index contributed by atoms with van der Waals surface area (Å²) in [6, 6.07) is 12.3. The van der Waals surface area contributed by atoms with Crippen molar-refractivity contribution in [2.24, 2.45) is 5.10 Å². The molecule has 0 aliphatic heterocycles. The molecule has 0 aliphatic rings. The molecule has 1 N–H and O–H groups in total. The average molecular weight is 495 g/mol. The number of halogens is 3. The number of aryl methyl sites for hydroxylation is 1. The zero-order chi connectivity index (χ0) is 22.1. The summed E-state index contributed by atoms with van der Waals surface area (Å²) in [7, 11) is 1.32. The van der Waals surface area contributed by atoms with Crippen LogP contribution in [0.15, 0.2) is 52.0 Å². The number of thiazole rings is 1. The van der Waals surface area contributed by atoms with Crippen LogP contribution in [0.1, 0.15) is 15.4 Å². The molecule has 2 aromatic carbocycles. The van der Waals surface area contributed by atoms with E-state index in [-0.39, 0.29) is 0 Å². The number of esters is 1. The van der Waals surface area contributed by atoms with Gasteiger partial charge in [0.25, 0.3) is 0 Å². The fourth-order valence-electron chi connectivity index (χ4n) is 2.88. The predicted molar refractivity (Wildman–Crippen MR) is 124 cm³/mol. The highest BCUT2D eigenvalue weighted by Gasteiger charge is 2.16. The Hall–Kier alpha value is -2.58. The molecule has 0 radical (unpaired) electrons. The van der Waals surface area contributed by atoms with E-state index in [0.29, 0.717) is 52.9 Å². The lowest BCUT2D eigenvalue weighted by atomic mass is 10.1. The fourth-order valence-corrected chi connectivity index (χ4v) is 4.36. The van der Waals surface area contributed by atoms with Crippen LogP contribution in [0, 0.1) is 6.92 Å².